The topological polar surface area (TPSA) is 169 Å². The summed E-state index contributed by atoms with van der Waals surface area (Å²) < 4.78 is 26.7. The zero-order valence-corrected chi connectivity index (χ0v) is 33.0. The predicted molar refractivity (Wildman–Crippen MR) is 208 cm³/mol. The van der Waals surface area contributed by atoms with Crippen LogP contribution in [0.4, 0.5) is 0 Å². The smallest absolute Gasteiger partial charge is 0.472 e. The van der Waals surface area contributed by atoms with Crippen molar-refractivity contribution in [3.63, 3.8) is 0 Å². The van der Waals surface area contributed by atoms with Crippen molar-refractivity contribution in [3.8, 4) is 0 Å². The molecular weight excluding hydrogens is 685 g/mol. The van der Waals surface area contributed by atoms with E-state index in [1.807, 2.05) is 6.08 Å². The van der Waals surface area contributed by atoms with Gasteiger partial charge in [-0.05, 0) is 51.4 Å². The molecule has 0 aromatic rings. The van der Waals surface area contributed by atoms with E-state index in [-0.39, 0.29) is 12.8 Å². The number of phosphoric ester groups is 1. The number of nitrogens with one attached hydrogen (secondary N) is 1. The summed E-state index contributed by atoms with van der Waals surface area (Å²) in [7, 11) is -4.76. The van der Waals surface area contributed by atoms with Gasteiger partial charge in [-0.2, -0.15) is 0 Å². The van der Waals surface area contributed by atoms with Gasteiger partial charge in [-0.25, -0.2) is 9.36 Å². The van der Waals surface area contributed by atoms with Crippen molar-refractivity contribution in [2.75, 3.05) is 19.8 Å². The Hall–Kier alpha value is -2.56. The highest BCUT2D eigenvalue weighted by Crippen LogP contribution is 2.43. The summed E-state index contributed by atoms with van der Waals surface area (Å²) in [4.78, 5) is 45.7. The zero-order chi connectivity index (χ0) is 38.5. The second kappa shape index (κ2) is 35.5. The van der Waals surface area contributed by atoms with Gasteiger partial charge in [0.2, 0.25) is 5.91 Å². The van der Waals surface area contributed by atoms with E-state index in [9.17, 15) is 34.1 Å². The van der Waals surface area contributed by atoms with E-state index in [1.165, 1.54) is 57.8 Å². The molecule has 0 heterocycles. The Labute approximate surface area is 314 Å². The number of esters is 1. The van der Waals surface area contributed by atoms with Crippen LogP contribution < -0.4 is 5.32 Å². The number of phosphoric acid groups is 1. The van der Waals surface area contributed by atoms with Crippen molar-refractivity contribution < 1.29 is 47.8 Å². The SMILES string of the molecule is CC/C=C\C/C=C\C/C=C\C/C=C\CCCCC(=O)NC(COP(=O)(O)OCC(O)COC(=O)CCCCCCCCCCCCCCC)C(=O)O. The molecule has 0 aromatic heterocycles. The normalized spacial score (nSPS) is 14.4. The zero-order valence-electron chi connectivity index (χ0n) is 32.1. The molecule has 12 heteroatoms. The van der Waals surface area contributed by atoms with Crippen LogP contribution in [0.15, 0.2) is 48.6 Å². The number of hydrogen-bond donors (Lipinski definition) is 4. The van der Waals surface area contributed by atoms with E-state index in [2.05, 4.69) is 61.7 Å². The molecule has 4 N–H and O–H groups in total. The Morgan fingerprint density at radius 3 is 1.65 bits per heavy atom. The minimum Gasteiger partial charge on any atom is -0.480 e. The Balaban J connectivity index is 4.02. The van der Waals surface area contributed by atoms with Crippen LogP contribution in [0.5, 0.6) is 0 Å². The van der Waals surface area contributed by atoms with Gasteiger partial charge in [-0.1, -0.05) is 140 Å². The van der Waals surface area contributed by atoms with Crippen LogP contribution in [-0.4, -0.2) is 64.9 Å². The van der Waals surface area contributed by atoms with E-state index in [1.54, 1.807) is 0 Å². The summed E-state index contributed by atoms with van der Waals surface area (Å²) in [6.45, 7) is 2.42. The molecule has 0 fully saturated rings. The van der Waals surface area contributed by atoms with Crippen molar-refractivity contribution in [1.29, 1.82) is 0 Å². The van der Waals surface area contributed by atoms with Crippen molar-refractivity contribution >= 4 is 25.7 Å². The third kappa shape index (κ3) is 34.5. The number of allylic oxidation sites excluding steroid dienone is 8. The molecule has 0 saturated heterocycles. The average Bonchev–Trinajstić information content (AvgIpc) is 3.11. The Morgan fingerprint density at radius 2 is 1.12 bits per heavy atom. The molecule has 0 aliphatic rings. The number of aliphatic hydroxyl groups is 1. The quantitative estimate of drug-likeness (QED) is 0.0209. The molecule has 0 saturated carbocycles. The van der Waals surface area contributed by atoms with Crippen molar-refractivity contribution in [2.45, 2.75) is 167 Å². The summed E-state index contributed by atoms with van der Waals surface area (Å²) in [6, 6.07) is -1.57. The summed E-state index contributed by atoms with van der Waals surface area (Å²) >= 11 is 0. The number of carbonyl (C=O) groups is 3. The van der Waals surface area contributed by atoms with Gasteiger partial charge in [0.25, 0.3) is 0 Å². The van der Waals surface area contributed by atoms with E-state index < -0.39 is 57.6 Å². The van der Waals surface area contributed by atoms with Crippen LogP contribution in [0.1, 0.15) is 155 Å². The molecule has 52 heavy (non-hydrogen) atoms. The number of carboxylic acid groups (broad SMARTS) is 1. The van der Waals surface area contributed by atoms with Crippen LogP contribution in [0, 0.1) is 0 Å². The van der Waals surface area contributed by atoms with Gasteiger partial charge in [0.15, 0.2) is 6.04 Å². The highest BCUT2D eigenvalue weighted by Gasteiger charge is 2.28. The molecule has 3 unspecified atom stereocenters. The number of ether oxygens (including phenoxy) is 1. The maximum absolute atomic E-state index is 12.2. The van der Waals surface area contributed by atoms with Gasteiger partial charge >= 0.3 is 19.8 Å². The number of carbonyl (C=O) groups excluding carboxylic acids is 2. The second-order valence-electron chi connectivity index (χ2n) is 13.1. The number of hydrogen-bond acceptors (Lipinski definition) is 8. The summed E-state index contributed by atoms with van der Waals surface area (Å²) in [5.41, 5.74) is 0. The number of rotatable bonds is 36. The van der Waals surface area contributed by atoms with Gasteiger partial charge in [-0.3, -0.25) is 18.6 Å². The highest BCUT2D eigenvalue weighted by molar-refractivity contribution is 7.47. The molecule has 0 aliphatic carbocycles. The van der Waals surface area contributed by atoms with E-state index in [0.29, 0.717) is 12.8 Å². The molecule has 3 atom stereocenters. The molecule has 0 bridgehead atoms. The van der Waals surface area contributed by atoms with Crippen molar-refractivity contribution in [3.05, 3.63) is 48.6 Å². The molecule has 300 valence electrons. The van der Waals surface area contributed by atoms with Crippen molar-refractivity contribution in [2.24, 2.45) is 0 Å². The Bertz CT molecular complexity index is 1070. The Morgan fingerprint density at radius 1 is 0.635 bits per heavy atom. The van der Waals surface area contributed by atoms with Gasteiger partial charge < -0.3 is 25.2 Å². The molecule has 0 aromatic carbocycles. The minimum absolute atomic E-state index is 0.0921. The van der Waals surface area contributed by atoms with Crippen LogP contribution >= 0.6 is 7.82 Å². The van der Waals surface area contributed by atoms with Gasteiger partial charge in [0, 0.05) is 12.8 Å². The first-order valence-electron chi connectivity index (χ1n) is 19.7. The van der Waals surface area contributed by atoms with E-state index in [0.717, 1.165) is 57.8 Å². The number of carboxylic acids is 1. The summed E-state index contributed by atoms with van der Waals surface area (Å²) in [5, 5.41) is 21.7. The second-order valence-corrected chi connectivity index (χ2v) is 14.5. The lowest BCUT2D eigenvalue weighted by Crippen LogP contribution is -2.43. The van der Waals surface area contributed by atoms with E-state index >= 15 is 0 Å². The van der Waals surface area contributed by atoms with Gasteiger partial charge in [0.05, 0.1) is 13.2 Å². The predicted octanol–water partition coefficient (Wildman–Crippen LogP) is 9.44. The minimum atomic E-state index is -4.76. The number of aliphatic carboxylic acids is 1. The van der Waals surface area contributed by atoms with Gasteiger partial charge in [-0.15, -0.1) is 0 Å². The number of aliphatic hydroxyl groups excluding tert-OH is 1. The maximum atomic E-state index is 12.2. The fourth-order valence-electron chi connectivity index (χ4n) is 5.07. The molecular formula is C40H70NO10P. The van der Waals surface area contributed by atoms with Crippen LogP contribution in [0.3, 0.4) is 0 Å². The molecule has 0 aliphatic heterocycles. The van der Waals surface area contributed by atoms with Crippen LogP contribution in [-0.2, 0) is 32.7 Å². The number of unbranched alkanes of at least 4 members (excludes halogenated alkanes) is 14. The monoisotopic (exact) mass is 755 g/mol. The molecule has 11 nitrogen and oxygen atoms in total. The molecule has 0 rings (SSSR count). The first kappa shape index (κ1) is 49.4. The standard InChI is InChI=1S/C40H70NO10P/c1-3-5-7-9-11-13-15-17-18-20-21-23-25-27-29-31-38(43)41-37(40(45)46)35-51-52(47,48)50-34-36(42)33-49-39(44)32-30-28-26-24-22-19-16-14-12-10-8-6-4-2/h5,7,11,13,17-18,21,23,36-37,42H,3-4,6,8-10,12,14-16,19-20,22,24-35H2,1-2H3,(H,41,43)(H,45,46)(H,47,48)/b7-5-,13-11-,18-17-,23-21-. The lowest BCUT2D eigenvalue weighted by Gasteiger charge is -2.18. The van der Waals surface area contributed by atoms with E-state index in [4.69, 9.17) is 13.8 Å². The van der Waals surface area contributed by atoms with Crippen LogP contribution in [0.25, 0.3) is 0 Å². The largest absolute Gasteiger partial charge is 0.480 e. The lowest BCUT2D eigenvalue weighted by atomic mass is 10.0. The highest BCUT2D eigenvalue weighted by atomic mass is 31.2. The maximum Gasteiger partial charge on any atom is 0.472 e. The number of amides is 1. The van der Waals surface area contributed by atoms with Crippen molar-refractivity contribution in [1.82, 2.24) is 5.32 Å². The summed E-state index contributed by atoms with van der Waals surface area (Å²) in [5.74, 6) is -2.44. The first-order valence-corrected chi connectivity index (χ1v) is 21.2. The summed E-state index contributed by atoms with van der Waals surface area (Å²) in [6.07, 6.45) is 37.2. The third-order valence-electron chi connectivity index (χ3n) is 8.13. The fourth-order valence-corrected chi connectivity index (χ4v) is 5.84. The fraction of sp³-hybridized carbons (Fsp3) is 0.725. The first-order chi connectivity index (χ1) is 25.1. The van der Waals surface area contributed by atoms with Crippen LogP contribution in [0.2, 0.25) is 0 Å². The van der Waals surface area contributed by atoms with Gasteiger partial charge in [0.1, 0.15) is 12.7 Å². The third-order valence-corrected chi connectivity index (χ3v) is 9.08. The average molecular weight is 756 g/mol. The molecule has 0 radical (unpaired) electrons. The Kier molecular flexibility index (Phi) is 33.7. The lowest BCUT2D eigenvalue weighted by molar-refractivity contribution is -0.147. The molecule has 0 spiro atoms. The molecule has 1 amide bonds.